The Morgan fingerprint density at radius 3 is 2.58 bits per heavy atom. The van der Waals surface area contributed by atoms with E-state index in [-0.39, 0.29) is 23.1 Å². The molecule has 0 amide bonds. The van der Waals surface area contributed by atoms with Crippen LogP contribution >= 0.6 is 0 Å². The fourth-order valence-electron chi connectivity index (χ4n) is 1.98. The number of ketones is 1. The molecule has 7 nitrogen and oxygen atoms in total. The van der Waals surface area contributed by atoms with E-state index in [4.69, 9.17) is 9.15 Å². The third-order valence-corrected chi connectivity index (χ3v) is 3.21. The van der Waals surface area contributed by atoms with Gasteiger partial charge in [-0.05, 0) is 30.3 Å². The van der Waals surface area contributed by atoms with Gasteiger partial charge in [-0.1, -0.05) is 0 Å². The van der Waals surface area contributed by atoms with E-state index < -0.39 is 23.3 Å². The summed E-state index contributed by atoms with van der Waals surface area (Å²) in [5.41, 5.74) is -0.789. The number of aliphatic hydroxyl groups excluding tert-OH is 1. The minimum atomic E-state index is -4.46. The van der Waals surface area contributed by atoms with Crippen molar-refractivity contribution in [3.05, 3.63) is 65.9 Å². The minimum Gasteiger partial charge on any atom is -0.507 e. The number of aromatic nitrogens is 3. The number of allylic oxidation sites excluding steroid dienone is 1. The topological polar surface area (TPSA) is 101 Å². The van der Waals surface area contributed by atoms with Crippen molar-refractivity contribution in [3.63, 3.8) is 0 Å². The van der Waals surface area contributed by atoms with E-state index in [0.717, 1.165) is 36.7 Å². The second-order valence-corrected chi connectivity index (χ2v) is 4.97. The van der Waals surface area contributed by atoms with Crippen molar-refractivity contribution < 1.29 is 32.2 Å². The first kappa shape index (κ1) is 17.3. The highest BCUT2D eigenvalue weighted by atomic mass is 19.4. The van der Waals surface area contributed by atoms with Gasteiger partial charge in [-0.2, -0.15) is 18.3 Å². The van der Waals surface area contributed by atoms with E-state index in [1.54, 1.807) is 0 Å². The van der Waals surface area contributed by atoms with Crippen LogP contribution < -0.4 is 4.74 Å². The fraction of sp³-hybridized carbons (Fsp3) is 0.0625. The number of hydrogen-bond acceptors (Lipinski definition) is 6. The number of rotatable bonds is 5. The summed E-state index contributed by atoms with van der Waals surface area (Å²) in [5, 5.41) is 15.9. The molecule has 0 spiro atoms. The maximum atomic E-state index is 12.6. The second-order valence-electron chi connectivity index (χ2n) is 4.97. The van der Waals surface area contributed by atoms with Gasteiger partial charge < -0.3 is 14.3 Å². The van der Waals surface area contributed by atoms with Gasteiger partial charge in [0.1, 0.15) is 23.4 Å². The van der Waals surface area contributed by atoms with Gasteiger partial charge in [0.2, 0.25) is 5.78 Å². The standard InChI is InChI=1S/C16H10F3N3O4/c17-16(18,19)9-1-3-10(4-2-9)26-15-11(5-6-25-15)12(23)7-13(24)14-20-8-21-22-14/h1-8,23H,(H,20,21,22). The predicted molar refractivity (Wildman–Crippen MR) is 81.5 cm³/mol. The van der Waals surface area contributed by atoms with Gasteiger partial charge in [0, 0.05) is 6.08 Å². The lowest BCUT2D eigenvalue weighted by molar-refractivity contribution is -0.137. The molecule has 2 aromatic heterocycles. The molecule has 26 heavy (non-hydrogen) atoms. The smallest absolute Gasteiger partial charge is 0.416 e. The lowest BCUT2D eigenvalue weighted by Crippen LogP contribution is -2.04. The molecule has 1 aromatic carbocycles. The lowest BCUT2D eigenvalue weighted by Gasteiger charge is -2.08. The Labute approximate surface area is 143 Å². The molecule has 0 radical (unpaired) electrons. The van der Waals surface area contributed by atoms with Crippen LogP contribution in [-0.2, 0) is 6.18 Å². The highest BCUT2D eigenvalue weighted by molar-refractivity contribution is 6.05. The Bertz CT molecular complexity index is 929. The van der Waals surface area contributed by atoms with Gasteiger partial charge in [0.05, 0.1) is 11.8 Å². The molecule has 2 N–H and O–H groups in total. The van der Waals surface area contributed by atoms with Crippen LogP contribution in [0.15, 0.2) is 53.4 Å². The lowest BCUT2D eigenvalue weighted by atomic mass is 10.2. The maximum absolute atomic E-state index is 12.6. The summed E-state index contributed by atoms with van der Waals surface area (Å²) in [6, 6.07) is 5.24. The molecule has 0 aliphatic rings. The van der Waals surface area contributed by atoms with Crippen LogP contribution in [0.3, 0.4) is 0 Å². The summed E-state index contributed by atoms with van der Waals surface area (Å²) < 4.78 is 48.1. The summed E-state index contributed by atoms with van der Waals surface area (Å²) in [6.45, 7) is 0. The van der Waals surface area contributed by atoms with Gasteiger partial charge in [-0.25, -0.2) is 4.98 Å². The Morgan fingerprint density at radius 2 is 1.96 bits per heavy atom. The Balaban J connectivity index is 1.79. The second kappa shape index (κ2) is 6.75. The molecule has 0 saturated heterocycles. The fourth-order valence-corrected chi connectivity index (χ4v) is 1.98. The summed E-state index contributed by atoms with van der Waals surface area (Å²) in [7, 11) is 0. The number of carbonyl (C=O) groups excluding carboxylic acids is 1. The molecule has 0 aliphatic heterocycles. The maximum Gasteiger partial charge on any atom is 0.416 e. The molecule has 0 saturated carbocycles. The van der Waals surface area contributed by atoms with E-state index in [2.05, 4.69) is 15.2 Å². The monoisotopic (exact) mass is 365 g/mol. The molecular weight excluding hydrogens is 355 g/mol. The van der Waals surface area contributed by atoms with Crippen LogP contribution in [0.25, 0.3) is 5.76 Å². The molecule has 134 valence electrons. The number of nitrogens with zero attached hydrogens (tertiary/aromatic N) is 2. The highest BCUT2D eigenvalue weighted by Crippen LogP contribution is 2.33. The molecule has 0 aliphatic carbocycles. The van der Waals surface area contributed by atoms with Crippen molar-refractivity contribution in [1.29, 1.82) is 0 Å². The number of aliphatic hydroxyl groups is 1. The molecule has 3 aromatic rings. The van der Waals surface area contributed by atoms with E-state index in [9.17, 15) is 23.1 Å². The summed E-state index contributed by atoms with van der Waals surface area (Å²) in [6.07, 6.45) is -1.26. The molecule has 0 unspecified atom stereocenters. The van der Waals surface area contributed by atoms with E-state index in [1.165, 1.54) is 12.3 Å². The van der Waals surface area contributed by atoms with Crippen molar-refractivity contribution in [3.8, 4) is 11.7 Å². The average Bonchev–Trinajstić information content (AvgIpc) is 3.26. The molecule has 2 heterocycles. The van der Waals surface area contributed by atoms with Crippen LogP contribution in [-0.4, -0.2) is 26.1 Å². The largest absolute Gasteiger partial charge is 0.507 e. The zero-order valence-corrected chi connectivity index (χ0v) is 12.8. The molecule has 10 heteroatoms. The number of aromatic amines is 1. The molecule has 0 bridgehead atoms. The Hall–Kier alpha value is -3.56. The first-order valence-electron chi connectivity index (χ1n) is 7.08. The Kier molecular flexibility index (Phi) is 4.48. The summed E-state index contributed by atoms with van der Waals surface area (Å²) >= 11 is 0. The third kappa shape index (κ3) is 3.74. The SMILES string of the molecule is O=C(C=C(O)c1ccoc1Oc1ccc(C(F)(F)F)cc1)c1ncn[nH]1. The van der Waals surface area contributed by atoms with Gasteiger partial charge >= 0.3 is 12.1 Å². The number of furan rings is 1. The third-order valence-electron chi connectivity index (χ3n) is 3.21. The number of carbonyl (C=O) groups is 1. The van der Waals surface area contributed by atoms with Crippen molar-refractivity contribution in [2.75, 3.05) is 0 Å². The zero-order chi connectivity index (χ0) is 18.7. The Morgan fingerprint density at radius 1 is 1.23 bits per heavy atom. The van der Waals surface area contributed by atoms with Crippen LogP contribution in [0.5, 0.6) is 11.7 Å². The number of benzene rings is 1. The average molecular weight is 365 g/mol. The predicted octanol–water partition coefficient (Wildman–Crippen LogP) is 3.99. The van der Waals surface area contributed by atoms with Crippen LogP contribution in [0.4, 0.5) is 13.2 Å². The van der Waals surface area contributed by atoms with E-state index in [0.29, 0.717) is 0 Å². The number of hydrogen-bond donors (Lipinski definition) is 2. The molecule has 3 rings (SSSR count). The summed E-state index contributed by atoms with van der Waals surface area (Å²) in [4.78, 5) is 15.5. The van der Waals surface area contributed by atoms with Crippen LogP contribution in [0.1, 0.15) is 21.7 Å². The first-order chi connectivity index (χ1) is 12.3. The van der Waals surface area contributed by atoms with E-state index in [1.807, 2.05) is 0 Å². The van der Waals surface area contributed by atoms with Gasteiger partial charge in [-0.3, -0.25) is 9.89 Å². The number of ether oxygens (including phenoxy) is 1. The van der Waals surface area contributed by atoms with Crippen LogP contribution in [0.2, 0.25) is 0 Å². The number of nitrogens with one attached hydrogen (secondary N) is 1. The minimum absolute atomic E-state index is 0.0396. The number of alkyl halides is 3. The van der Waals surface area contributed by atoms with E-state index >= 15 is 0 Å². The van der Waals surface area contributed by atoms with Gasteiger partial charge in [-0.15, -0.1) is 0 Å². The van der Waals surface area contributed by atoms with Crippen molar-refractivity contribution >= 4 is 11.5 Å². The normalized spacial score (nSPS) is 12.2. The zero-order valence-electron chi connectivity index (χ0n) is 12.8. The van der Waals surface area contributed by atoms with Crippen molar-refractivity contribution in [2.24, 2.45) is 0 Å². The number of H-pyrrole nitrogens is 1. The molecule has 0 fully saturated rings. The van der Waals surface area contributed by atoms with Crippen LogP contribution in [0, 0.1) is 0 Å². The first-order valence-corrected chi connectivity index (χ1v) is 7.08. The molecule has 0 atom stereocenters. The number of halogens is 3. The quantitative estimate of drug-likeness (QED) is 0.403. The summed E-state index contributed by atoms with van der Waals surface area (Å²) in [5.74, 6) is -1.32. The van der Waals surface area contributed by atoms with Crippen molar-refractivity contribution in [1.82, 2.24) is 15.2 Å². The van der Waals surface area contributed by atoms with Gasteiger partial charge in [0.25, 0.3) is 0 Å². The molecular formula is C16H10F3N3O4. The van der Waals surface area contributed by atoms with Crippen molar-refractivity contribution in [2.45, 2.75) is 6.18 Å². The van der Waals surface area contributed by atoms with Gasteiger partial charge in [0.15, 0.2) is 5.82 Å². The highest BCUT2D eigenvalue weighted by Gasteiger charge is 2.30.